The molecule has 0 amide bonds. The molecule has 1 aliphatic carbocycles. The fourth-order valence-corrected chi connectivity index (χ4v) is 3.01. The Labute approximate surface area is 67.9 Å². The van der Waals surface area contributed by atoms with E-state index in [2.05, 4.69) is 0 Å². The Kier molecular flexibility index (Phi) is 2.01. The summed E-state index contributed by atoms with van der Waals surface area (Å²) < 4.78 is 21.9. The highest BCUT2D eigenvalue weighted by Gasteiger charge is 2.47. The topological polar surface area (TPSA) is 60.2 Å². The van der Waals surface area contributed by atoms with E-state index < -0.39 is 9.84 Å². The Balaban J connectivity index is 2.63. The Hall–Kier alpha value is -0.0900. The molecule has 4 heteroatoms. The first-order valence-electron chi connectivity index (χ1n) is 3.79. The average Bonchev–Trinajstić information content (AvgIpc) is 2.43. The summed E-state index contributed by atoms with van der Waals surface area (Å²) in [6, 6.07) is 0.0113. The first kappa shape index (κ1) is 9.00. The molecular weight excluding hydrogens is 162 g/mol. The molecule has 1 aliphatic rings. The van der Waals surface area contributed by atoms with Crippen LogP contribution in [0.2, 0.25) is 0 Å². The first-order chi connectivity index (χ1) is 4.86. The third-order valence-electron chi connectivity index (χ3n) is 2.41. The molecule has 1 atom stereocenters. The van der Waals surface area contributed by atoms with Crippen LogP contribution < -0.4 is 5.73 Å². The van der Waals surface area contributed by atoms with Crippen molar-refractivity contribution in [1.82, 2.24) is 0 Å². The maximum atomic E-state index is 10.9. The van der Waals surface area contributed by atoms with Gasteiger partial charge in [-0.3, -0.25) is 0 Å². The molecule has 11 heavy (non-hydrogen) atoms. The molecule has 0 aromatic heterocycles. The molecule has 0 radical (unpaired) electrons. The zero-order valence-electron chi connectivity index (χ0n) is 7.00. The molecule has 1 saturated carbocycles. The van der Waals surface area contributed by atoms with Crippen molar-refractivity contribution in [2.75, 3.05) is 12.0 Å². The summed E-state index contributed by atoms with van der Waals surface area (Å²) in [7, 11) is -2.84. The second-order valence-electron chi connectivity index (χ2n) is 3.72. The minimum Gasteiger partial charge on any atom is -0.327 e. The molecular formula is C7H15NO2S. The lowest BCUT2D eigenvalue weighted by molar-refractivity contribution is 0.461. The summed E-state index contributed by atoms with van der Waals surface area (Å²) in [5, 5.41) is 0. The minimum absolute atomic E-state index is 0.0113. The second-order valence-corrected chi connectivity index (χ2v) is 5.86. The Bertz CT molecular complexity index is 239. The monoisotopic (exact) mass is 177 g/mol. The van der Waals surface area contributed by atoms with Crippen LogP contribution in [0.1, 0.15) is 19.8 Å². The van der Waals surface area contributed by atoms with Crippen LogP contribution >= 0.6 is 0 Å². The number of hydrogen-bond acceptors (Lipinski definition) is 3. The van der Waals surface area contributed by atoms with Crippen LogP contribution in [-0.4, -0.2) is 26.5 Å². The van der Waals surface area contributed by atoms with Crippen molar-refractivity contribution in [3.05, 3.63) is 0 Å². The van der Waals surface area contributed by atoms with Gasteiger partial charge in [0, 0.05) is 12.3 Å². The molecule has 1 rings (SSSR count). The summed E-state index contributed by atoms with van der Waals surface area (Å²) in [6.07, 6.45) is 3.21. The van der Waals surface area contributed by atoms with Crippen molar-refractivity contribution >= 4 is 9.84 Å². The molecule has 0 spiro atoms. The van der Waals surface area contributed by atoms with Crippen molar-refractivity contribution in [3.63, 3.8) is 0 Å². The molecule has 2 N–H and O–H groups in total. The number of hydrogen-bond donors (Lipinski definition) is 1. The second kappa shape index (κ2) is 2.45. The third kappa shape index (κ3) is 2.17. The molecule has 0 bridgehead atoms. The van der Waals surface area contributed by atoms with Crippen LogP contribution in [0.3, 0.4) is 0 Å². The van der Waals surface area contributed by atoms with E-state index in [-0.39, 0.29) is 17.2 Å². The van der Waals surface area contributed by atoms with Gasteiger partial charge < -0.3 is 5.73 Å². The van der Waals surface area contributed by atoms with Gasteiger partial charge in [0.15, 0.2) is 0 Å². The van der Waals surface area contributed by atoms with E-state index in [1.54, 1.807) is 0 Å². The number of nitrogens with two attached hydrogens (primary N) is 1. The SMILES string of the molecule is CC(N)C1(CS(C)(=O)=O)CC1. The maximum absolute atomic E-state index is 10.9. The van der Waals surface area contributed by atoms with Crippen molar-refractivity contribution in [3.8, 4) is 0 Å². The van der Waals surface area contributed by atoms with Crippen LogP contribution in [0.5, 0.6) is 0 Å². The zero-order chi connectivity index (χ0) is 8.70. The third-order valence-corrected chi connectivity index (χ3v) is 3.51. The first-order valence-corrected chi connectivity index (χ1v) is 5.85. The normalized spacial score (nSPS) is 24.6. The Morgan fingerprint density at radius 3 is 2.09 bits per heavy atom. The quantitative estimate of drug-likeness (QED) is 0.668. The highest BCUT2D eigenvalue weighted by Crippen LogP contribution is 2.48. The van der Waals surface area contributed by atoms with E-state index in [0.717, 1.165) is 12.8 Å². The number of rotatable bonds is 3. The van der Waals surface area contributed by atoms with Crippen molar-refractivity contribution < 1.29 is 8.42 Å². The van der Waals surface area contributed by atoms with Gasteiger partial charge in [-0.05, 0) is 25.2 Å². The molecule has 66 valence electrons. The summed E-state index contributed by atoms with van der Waals surface area (Å²) in [5.74, 6) is 0.262. The highest BCUT2D eigenvalue weighted by molar-refractivity contribution is 7.90. The predicted molar refractivity (Wildman–Crippen MR) is 45.0 cm³/mol. The van der Waals surface area contributed by atoms with E-state index in [1.165, 1.54) is 6.26 Å². The van der Waals surface area contributed by atoms with Crippen LogP contribution in [0.25, 0.3) is 0 Å². The van der Waals surface area contributed by atoms with Crippen LogP contribution in [-0.2, 0) is 9.84 Å². The predicted octanol–water partition coefficient (Wildman–Crippen LogP) is 0.158. The molecule has 0 aromatic carbocycles. The fraction of sp³-hybridized carbons (Fsp3) is 1.00. The molecule has 1 fully saturated rings. The molecule has 0 saturated heterocycles. The van der Waals surface area contributed by atoms with Gasteiger partial charge >= 0.3 is 0 Å². The lowest BCUT2D eigenvalue weighted by Crippen LogP contribution is -2.33. The van der Waals surface area contributed by atoms with Gasteiger partial charge in [0.2, 0.25) is 0 Å². The minimum atomic E-state index is -2.84. The van der Waals surface area contributed by atoms with Gasteiger partial charge in [0.1, 0.15) is 9.84 Å². The van der Waals surface area contributed by atoms with Gasteiger partial charge in [-0.1, -0.05) is 0 Å². The van der Waals surface area contributed by atoms with Gasteiger partial charge in [0.25, 0.3) is 0 Å². The van der Waals surface area contributed by atoms with Crippen molar-refractivity contribution in [2.45, 2.75) is 25.8 Å². The van der Waals surface area contributed by atoms with E-state index in [9.17, 15) is 8.42 Å². The Morgan fingerprint density at radius 2 is 2.00 bits per heavy atom. The lowest BCUT2D eigenvalue weighted by atomic mass is 10.0. The van der Waals surface area contributed by atoms with E-state index >= 15 is 0 Å². The van der Waals surface area contributed by atoms with E-state index in [0.29, 0.717) is 0 Å². The van der Waals surface area contributed by atoms with E-state index in [1.807, 2.05) is 6.92 Å². The lowest BCUT2D eigenvalue weighted by Gasteiger charge is -2.17. The largest absolute Gasteiger partial charge is 0.327 e. The van der Waals surface area contributed by atoms with Crippen LogP contribution in [0.4, 0.5) is 0 Å². The number of sulfone groups is 1. The average molecular weight is 177 g/mol. The van der Waals surface area contributed by atoms with Crippen LogP contribution in [0.15, 0.2) is 0 Å². The zero-order valence-corrected chi connectivity index (χ0v) is 7.82. The summed E-state index contributed by atoms with van der Waals surface area (Å²) >= 11 is 0. The van der Waals surface area contributed by atoms with E-state index in [4.69, 9.17) is 5.73 Å². The molecule has 1 unspecified atom stereocenters. The standard InChI is InChI=1S/C7H15NO2S/c1-6(8)7(3-4-7)5-11(2,9)10/h6H,3-5,8H2,1-2H3. The highest BCUT2D eigenvalue weighted by atomic mass is 32.2. The smallest absolute Gasteiger partial charge is 0.148 e. The molecule has 3 nitrogen and oxygen atoms in total. The molecule has 0 heterocycles. The van der Waals surface area contributed by atoms with Gasteiger partial charge in [-0.15, -0.1) is 0 Å². The van der Waals surface area contributed by atoms with Crippen molar-refractivity contribution in [2.24, 2.45) is 11.1 Å². The van der Waals surface area contributed by atoms with Gasteiger partial charge in [-0.2, -0.15) is 0 Å². The molecule has 0 aromatic rings. The Morgan fingerprint density at radius 1 is 1.55 bits per heavy atom. The van der Waals surface area contributed by atoms with Crippen LogP contribution in [0, 0.1) is 5.41 Å². The fourth-order valence-electron chi connectivity index (χ4n) is 1.41. The van der Waals surface area contributed by atoms with Gasteiger partial charge in [-0.25, -0.2) is 8.42 Å². The summed E-state index contributed by atoms with van der Waals surface area (Å²) in [5.41, 5.74) is 5.60. The van der Waals surface area contributed by atoms with Crippen molar-refractivity contribution in [1.29, 1.82) is 0 Å². The maximum Gasteiger partial charge on any atom is 0.148 e. The summed E-state index contributed by atoms with van der Waals surface area (Å²) in [4.78, 5) is 0. The molecule has 0 aliphatic heterocycles. The van der Waals surface area contributed by atoms with Gasteiger partial charge in [0.05, 0.1) is 5.75 Å². The summed E-state index contributed by atoms with van der Waals surface area (Å²) in [6.45, 7) is 1.89.